The van der Waals surface area contributed by atoms with Crippen LogP contribution in [0.3, 0.4) is 0 Å². The monoisotopic (exact) mass is 471 g/mol. The smallest absolute Gasteiger partial charge is 0.444 e. The lowest BCUT2D eigenvalue weighted by Crippen LogP contribution is -2.43. The third-order valence-corrected chi connectivity index (χ3v) is 7.79. The second kappa shape index (κ2) is 7.73. The van der Waals surface area contributed by atoms with Crippen molar-refractivity contribution in [1.29, 1.82) is 0 Å². The van der Waals surface area contributed by atoms with Gasteiger partial charge in [-0.05, 0) is 98.2 Å². The van der Waals surface area contributed by atoms with Crippen LogP contribution in [0.4, 0.5) is 4.79 Å². The highest BCUT2D eigenvalue weighted by Gasteiger charge is 2.55. The van der Waals surface area contributed by atoms with Crippen molar-refractivity contribution in [3.8, 4) is 0 Å². The van der Waals surface area contributed by atoms with Crippen LogP contribution in [-0.4, -0.2) is 53.2 Å². The Hall–Kier alpha value is -1.54. The number of carbonyl (C=O) groups is 1. The summed E-state index contributed by atoms with van der Waals surface area (Å²) in [7, 11) is -1.08. The Labute approximate surface area is 205 Å². The fraction of sp³-hybridized carbons (Fsp3) is 0.720. The highest BCUT2D eigenvalue weighted by molar-refractivity contribution is 6.66. The van der Waals surface area contributed by atoms with Crippen LogP contribution in [0.25, 0.3) is 0 Å². The van der Waals surface area contributed by atoms with Gasteiger partial charge in [0.25, 0.3) is 0 Å². The van der Waals surface area contributed by atoms with Crippen LogP contribution in [-0.2, 0) is 36.4 Å². The molecule has 2 fully saturated rings. The van der Waals surface area contributed by atoms with Crippen molar-refractivity contribution >= 4 is 31.3 Å². The molecule has 9 heteroatoms. The van der Waals surface area contributed by atoms with Gasteiger partial charge >= 0.3 is 20.3 Å². The summed E-state index contributed by atoms with van der Waals surface area (Å²) in [6.45, 7) is 22.8. The number of hydrogen-bond acceptors (Lipinski definition) is 6. The normalized spacial score (nSPS) is 24.5. The second-order valence-corrected chi connectivity index (χ2v) is 12.8. The maximum atomic E-state index is 12.9. The molecule has 34 heavy (non-hydrogen) atoms. The van der Waals surface area contributed by atoms with E-state index in [-0.39, 0.29) is 6.09 Å². The lowest BCUT2D eigenvalue weighted by atomic mass is 9.69. The molecule has 3 heterocycles. The largest absolute Gasteiger partial charge is 0.495 e. The minimum atomic E-state index is -0.561. The number of amides is 1. The number of hydrogen-bond donors (Lipinski definition) is 0. The SMILES string of the molecule is CC(C)(C)OC(=O)N1Cc2cc(B3OC(C)(C)C(C)(C)O3)cc(B3OC(C)(C)C(C)(C)O3)c2C1. The predicted octanol–water partition coefficient (Wildman–Crippen LogP) is 3.54. The van der Waals surface area contributed by atoms with E-state index in [1.54, 1.807) is 4.90 Å². The number of nitrogens with zero attached hydrogens (tertiary/aromatic N) is 1. The number of benzene rings is 1. The molecule has 0 bridgehead atoms. The van der Waals surface area contributed by atoms with E-state index in [1.807, 2.05) is 76.2 Å². The van der Waals surface area contributed by atoms with Crippen LogP contribution in [0.1, 0.15) is 87.3 Å². The van der Waals surface area contributed by atoms with E-state index < -0.39 is 42.2 Å². The zero-order valence-corrected chi connectivity index (χ0v) is 22.6. The van der Waals surface area contributed by atoms with Crippen LogP contribution in [0.5, 0.6) is 0 Å². The molecule has 1 amide bonds. The summed E-state index contributed by atoms with van der Waals surface area (Å²) >= 11 is 0. The number of carbonyl (C=O) groups excluding carboxylic acids is 1. The molecule has 0 aliphatic carbocycles. The van der Waals surface area contributed by atoms with Crippen LogP contribution >= 0.6 is 0 Å². The Balaban J connectivity index is 1.72. The van der Waals surface area contributed by atoms with E-state index >= 15 is 0 Å². The molecule has 0 spiro atoms. The zero-order valence-electron chi connectivity index (χ0n) is 22.6. The summed E-state index contributed by atoms with van der Waals surface area (Å²) in [4.78, 5) is 14.6. The first kappa shape index (κ1) is 25.5. The minimum absolute atomic E-state index is 0.333. The van der Waals surface area contributed by atoms with E-state index in [0.717, 1.165) is 22.1 Å². The molecule has 0 N–H and O–H groups in total. The number of ether oxygens (including phenoxy) is 1. The second-order valence-electron chi connectivity index (χ2n) is 12.8. The maximum Gasteiger partial charge on any atom is 0.495 e. The van der Waals surface area contributed by atoms with Crippen molar-refractivity contribution < 1.29 is 28.1 Å². The van der Waals surface area contributed by atoms with Gasteiger partial charge in [0.2, 0.25) is 0 Å². The molecular formula is C25H39B2NO6. The molecule has 0 aromatic heterocycles. The molecule has 0 atom stereocenters. The van der Waals surface area contributed by atoms with Crippen molar-refractivity contribution in [3.63, 3.8) is 0 Å². The third-order valence-electron chi connectivity index (χ3n) is 7.79. The van der Waals surface area contributed by atoms with E-state index in [9.17, 15) is 4.79 Å². The summed E-state index contributed by atoms with van der Waals surface area (Å²) in [5.41, 5.74) is 1.44. The summed E-state index contributed by atoms with van der Waals surface area (Å²) in [5, 5.41) is 0. The Bertz CT molecular complexity index is 966. The zero-order chi connectivity index (χ0) is 25.5. The average Bonchev–Trinajstić information content (AvgIpc) is 3.23. The summed E-state index contributed by atoms with van der Waals surface area (Å²) in [5.74, 6) is 0. The highest BCUT2D eigenvalue weighted by atomic mass is 16.7. The van der Waals surface area contributed by atoms with Crippen LogP contribution in [0.15, 0.2) is 12.1 Å². The average molecular weight is 471 g/mol. The first-order valence-corrected chi connectivity index (χ1v) is 12.2. The summed E-state index contributed by atoms with van der Waals surface area (Å²) in [6.07, 6.45) is -0.333. The van der Waals surface area contributed by atoms with Gasteiger partial charge < -0.3 is 23.4 Å². The molecule has 3 aliphatic heterocycles. The van der Waals surface area contributed by atoms with E-state index in [2.05, 4.69) is 12.1 Å². The van der Waals surface area contributed by atoms with E-state index in [0.29, 0.717) is 13.1 Å². The lowest BCUT2D eigenvalue weighted by Gasteiger charge is -2.32. The molecular weight excluding hydrogens is 432 g/mol. The minimum Gasteiger partial charge on any atom is -0.444 e. The third kappa shape index (κ3) is 4.41. The summed E-state index contributed by atoms with van der Waals surface area (Å²) in [6, 6.07) is 4.14. The fourth-order valence-corrected chi connectivity index (χ4v) is 4.32. The Morgan fingerprint density at radius 3 is 1.76 bits per heavy atom. The van der Waals surface area contributed by atoms with Gasteiger partial charge in [0.1, 0.15) is 5.60 Å². The van der Waals surface area contributed by atoms with Crippen molar-refractivity contribution in [2.45, 2.75) is 117 Å². The number of fused-ring (bicyclic) bond motifs is 1. The van der Waals surface area contributed by atoms with E-state index in [4.69, 9.17) is 23.4 Å². The quantitative estimate of drug-likeness (QED) is 0.616. The van der Waals surface area contributed by atoms with Gasteiger partial charge in [-0.1, -0.05) is 12.1 Å². The highest BCUT2D eigenvalue weighted by Crippen LogP contribution is 2.39. The molecule has 0 unspecified atom stereocenters. The number of rotatable bonds is 2. The lowest BCUT2D eigenvalue weighted by molar-refractivity contribution is 0.00578. The van der Waals surface area contributed by atoms with Crippen molar-refractivity contribution in [3.05, 3.63) is 23.3 Å². The molecule has 2 saturated heterocycles. The summed E-state index contributed by atoms with van der Waals surface area (Å²) < 4.78 is 31.2. The van der Waals surface area contributed by atoms with Crippen molar-refractivity contribution in [1.82, 2.24) is 4.90 Å². The molecule has 0 radical (unpaired) electrons. The Morgan fingerprint density at radius 1 is 0.824 bits per heavy atom. The van der Waals surface area contributed by atoms with Crippen LogP contribution in [0, 0.1) is 0 Å². The van der Waals surface area contributed by atoms with Gasteiger partial charge in [-0.3, -0.25) is 4.90 Å². The van der Waals surface area contributed by atoms with Crippen LogP contribution in [0.2, 0.25) is 0 Å². The van der Waals surface area contributed by atoms with Gasteiger partial charge in [-0.25, -0.2) is 4.79 Å². The molecule has 3 aliphatic rings. The molecule has 0 saturated carbocycles. The molecule has 1 aromatic carbocycles. The van der Waals surface area contributed by atoms with Gasteiger partial charge in [0.05, 0.1) is 22.4 Å². The predicted molar refractivity (Wildman–Crippen MR) is 133 cm³/mol. The fourth-order valence-electron chi connectivity index (χ4n) is 4.32. The topological polar surface area (TPSA) is 66.5 Å². The maximum absolute atomic E-state index is 12.9. The molecule has 186 valence electrons. The first-order chi connectivity index (χ1) is 15.3. The van der Waals surface area contributed by atoms with E-state index in [1.165, 1.54) is 0 Å². The van der Waals surface area contributed by atoms with Crippen molar-refractivity contribution in [2.75, 3.05) is 0 Å². The Kier molecular flexibility index (Phi) is 5.81. The van der Waals surface area contributed by atoms with Gasteiger partial charge in [-0.2, -0.15) is 0 Å². The van der Waals surface area contributed by atoms with Gasteiger partial charge in [-0.15, -0.1) is 0 Å². The van der Waals surface area contributed by atoms with Crippen molar-refractivity contribution in [2.24, 2.45) is 0 Å². The van der Waals surface area contributed by atoms with Crippen LogP contribution < -0.4 is 10.9 Å². The first-order valence-electron chi connectivity index (χ1n) is 12.2. The molecule has 1 aromatic rings. The molecule has 7 nitrogen and oxygen atoms in total. The standard InChI is InChI=1S/C25H39B2NO6/c1-21(2,3)30-20(29)28-14-16-12-17(26-31-22(4,5)23(6,7)32-26)13-19(18(16)15-28)27-33-24(8,9)25(10,11)34-27/h12-13H,14-15H2,1-11H3. The molecule has 4 rings (SSSR count). The van der Waals surface area contributed by atoms with Gasteiger partial charge in [0.15, 0.2) is 0 Å². The van der Waals surface area contributed by atoms with Gasteiger partial charge in [0, 0.05) is 13.1 Å². The Morgan fingerprint density at radius 2 is 1.29 bits per heavy atom.